The summed E-state index contributed by atoms with van der Waals surface area (Å²) >= 11 is 5.92. The molecule has 0 radical (unpaired) electrons. The Labute approximate surface area is 167 Å². The number of aliphatic imine (C=N–C) groups is 1. The Morgan fingerprint density at radius 2 is 1.27 bits per heavy atom. The lowest BCUT2D eigenvalue weighted by molar-refractivity contribution is 0.222. The number of hydrogen-bond donors (Lipinski definition) is 2. The second kappa shape index (κ2) is 16.9. The maximum Gasteiger partial charge on any atom is 0.127 e. The van der Waals surface area contributed by atoms with E-state index in [1.807, 2.05) is 0 Å². The van der Waals surface area contributed by atoms with Gasteiger partial charge in [-0.2, -0.15) is 0 Å². The van der Waals surface area contributed by atoms with Crippen LogP contribution in [0.25, 0.3) is 0 Å². The molecule has 1 heterocycles. The third-order valence-corrected chi connectivity index (χ3v) is 5.62. The van der Waals surface area contributed by atoms with Crippen molar-refractivity contribution in [3.05, 3.63) is 0 Å². The van der Waals surface area contributed by atoms with E-state index in [2.05, 4.69) is 17.2 Å². The van der Waals surface area contributed by atoms with Crippen LogP contribution in [0.2, 0.25) is 0 Å². The molecule has 0 aromatic carbocycles. The minimum Gasteiger partial charge on any atom is -0.385 e. The zero-order chi connectivity index (χ0) is 18.9. The Kier molecular flexibility index (Phi) is 15.4. The van der Waals surface area contributed by atoms with E-state index in [1.165, 1.54) is 96.3 Å². The van der Waals surface area contributed by atoms with Gasteiger partial charge in [0, 0.05) is 0 Å². The summed E-state index contributed by atoms with van der Waals surface area (Å²) in [5, 5.41) is 13.1. The summed E-state index contributed by atoms with van der Waals surface area (Å²) in [6.45, 7) is 2.86. The largest absolute Gasteiger partial charge is 0.385 e. The third kappa shape index (κ3) is 13.0. The second-order valence-electron chi connectivity index (χ2n) is 7.95. The summed E-state index contributed by atoms with van der Waals surface area (Å²) in [7, 11) is 0. The smallest absolute Gasteiger partial charge is 0.127 e. The summed E-state index contributed by atoms with van der Waals surface area (Å²) in [5.74, 6) is 0.686. The van der Waals surface area contributed by atoms with Gasteiger partial charge < -0.3 is 10.4 Å². The van der Waals surface area contributed by atoms with E-state index in [4.69, 9.17) is 11.6 Å². The first kappa shape index (κ1) is 23.8. The van der Waals surface area contributed by atoms with Gasteiger partial charge in [-0.25, -0.2) is 0 Å². The monoisotopic (exact) mass is 386 g/mol. The molecule has 0 aliphatic carbocycles. The molecule has 1 aliphatic heterocycles. The lowest BCUT2D eigenvalue weighted by Crippen LogP contribution is -2.34. The number of nitrogens with zero attached hydrogens (tertiary/aromatic N) is 1. The van der Waals surface area contributed by atoms with Crippen LogP contribution >= 0.6 is 11.6 Å². The molecule has 0 amide bonds. The van der Waals surface area contributed by atoms with Gasteiger partial charge in [0.2, 0.25) is 0 Å². The number of rotatable bonds is 18. The number of nitrogens with one attached hydrogen (secondary N) is 1. The van der Waals surface area contributed by atoms with Crippen molar-refractivity contribution in [2.24, 2.45) is 4.99 Å². The summed E-state index contributed by atoms with van der Waals surface area (Å²) in [4.78, 5) is 4.23. The standard InChI is InChI=1S/C22H43ClN2O/c1-2-3-4-5-6-7-8-9-10-11-12-13-14-15-16-17-18-20(26)22-24-19-21(23)25-22/h20-21,26H,2-19H2,1H3,(H,24,25). The van der Waals surface area contributed by atoms with Crippen molar-refractivity contribution in [3.63, 3.8) is 0 Å². The summed E-state index contributed by atoms with van der Waals surface area (Å²) < 4.78 is 0. The van der Waals surface area contributed by atoms with Crippen molar-refractivity contribution in [2.75, 3.05) is 6.54 Å². The van der Waals surface area contributed by atoms with Crippen LogP contribution in [0.1, 0.15) is 116 Å². The molecule has 0 bridgehead atoms. The van der Waals surface area contributed by atoms with E-state index in [0.29, 0.717) is 12.4 Å². The number of amidine groups is 1. The number of alkyl halides is 1. The summed E-state index contributed by atoms with van der Waals surface area (Å²) in [5.41, 5.74) is -0.134. The van der Waals surface area contributed by atoms with Crippen LogP contribution in [0, 0.1) is 0 Å². The molecule has 154 valence electrons. The van der Waals surface area contributed by atoms with Gasteiger partial charge in [-0.3, -0.25) is 4.99 Å². The molecule has 0 saturated carbocycles. The first-order valence-electron chi connectivity index (χ1n) is 11.4. The van der Waals surface area contributed by atoms with Crippen LogP contribution < -0.4 is 5.32 Å². The zero-order valence-electron chi connectivity index (χ0n) is 17.2. The SMILES string of the molecule is CCCCCCCCCCCCCCCCCCC(O)C1=NCC(Cl)N1. The highest BCUT2D eigenvalue weighted by atomic mass is 35.5. The number of halogens is 1. The molecule has 26 heavy (non-hydrogen) atoms. The van der Waals surface area contributed by atoms with Crippen LogP contribution in [-0.2, 0) is 0 Å². The van der Waals surface area contributed by atoms with Gasteiger partial charge >= 0.3 is 0 Å². The van der Waals surface area contributed by atoms with Gasteiger partial charge in [-0.1, -0.05) is 121 Å². The highest BCUT2D eigenvalue weighted by Gasteiger charge is 2.20. The molecule has 2 N–H and O–H groups in total. The number of aliphatic hydroxyl groups is 1. The zero-order valence-corrected chi connectivity index (χ0v) is 17.9. The lowest BCUT2D eigenvalue weighted by atomic mass is 10.0. The van der Waals surface area contributed by atoms with Crippen molar-refractivity contribution >= 4 is 17.4 Å². The number of unbranched alkanes of at least 4 members (excludes halogenated alkanes) is 15. The Balaban J connectivity index is 1.73. The van der Waals surface area contributed by atoms with Crippen LogP contribution in [0.5, 0.6) is 0 Å². The van der Waals surface area contributed by atoms with E-state index in [-0.39, 0.29) is 5.50 Å². The Hall–Kier alpha value is -0.280. The minimum atomic E-state index is -0.453. The van der Waals surface area contributed by atoms with Crippen molar-refractivity contribution in [1.82, 2.24) is 5.32 Å². The molecule has 0 spiro atoms. The normalized spacial score (nSPS) is 18.0. The molecule has 3 nitrogen and oxygen atoms in total. The Morgan fingerprint density at radius 1 is 0.846 bits per heavy atom. The van der Waals surface area contributed by atoms with Gasteiger partial charge in [0.05, 0.1) is 6.54 Å². The van der Waals surface area contributed by atoms with Crippen LogP contribution in [0.4, 0.5) is 0 Å². The van der Waals surface area contributed by atoms with Crippen molar-refractivity contribution in [1.29, 1.82) is 0 Å². The average molecular weight is 387 g/mol. The van der Waals surface area contributed by atoms with E-state index in [0.717, 1.165) is 12.8 Å². The fourth-order valence-electron chi connectivity index (χ4n) is 3.65. The minimum absolute atomic E-state index is 0.134. The summed E-state index contributed by atoms with van der Waals surface area (Å²) in [6.07, 6.45) is 22.3. The molecule has 0 aromatic rings. The van der Waals surface area contributed by atoms with Gasteiger partial charge in [0.15, 0.2) is 0 Å². The number of hydrogen-bond acceptors (Lipinski definition) is 3. The quantitative estimate of drug-likeness (QED) is 0.159. The third-order valence-electron chi connectivity index (χ3n) is 5.37. The maximum absolute atomic E-state index is 10.0. The van der Waals surface area contributed by atoms with Crippen molar-refractivity contribution in [3.8, 4) is 0 Å². The number of aliphatic hydroxyl groups excluding tert-OH is 1. The van der Waals surface area contributed by atoms with Gasteiger partial charge in [-0.05, 0) is 6.42 Å². The molecule has 2 atom stereocenters. The molecule has 0 fully saturated rings. The Bertz CT molecular complexity index is 349. The fraction of sp³-hybridized carbons (Fsp3) is 0.955. The molecule has 0 aromatic heterocycles. The van der Waals surface area contributed by atoms with E-state index in [9.17, 15) is 5.11 Å². The highest BCUT2D eigenvalue weighted by Crippen LogP contribution is 2.15. The maximum atomic E-state index is 10.0. The predicted octanol–water partition coefficient (Wildman–Crippen LogP) is 6.57. The topological polar surface area (TPSA) is 44.6 Å². The van der Waals surface area contributed by atoms with E-state index < -0.39 is 6.10 Å². The van der Waals surface area contributed by atoms with Gasteiger partial charge in [-0.15, -0.1) is 0 Å². The van der Waals surface area contributed by atoms with Crippen LogP contribution in [0.15, 0.2) is 4.99 Å². The van der Waals surface area contributed by atoms with Crippen LogP contribution in [-0.4, -0.2) is 29.1 Å². The van der Waals surface area contributed by atoms with E-state index >= 15 is 0 Å². The lowest BCUT2D eigenvalue weighted by Gasteiger charge is -2.12. The first-order valence-corrected chi connectivity index (χ1v) is 11.8. The molecular formula is C22H43ClN2O. The highest BCUT2D eigenvalue weighted by molar-refractivity contribution is 6.22. The Morgan fingerprint density at radius 3 is 1.65 bits per heavy atom. The molecule has 2 unspecified atom stereocenters. The molecule has 4 heteroatoms. The van der Waals surface area contributed by atoms with Gasteiger partial charge in [0.1, 0.15) is 17.4 Å². The van der Waals surface area contributed by atoms with Crippen molar-refractivity contribution < 1.29 is 5.11 Å². The fourth-order valence-corrected chi connectivity index (χ4v) is 3.84. The predicted molar refractivity (Wildman–Crippen MR) is 115 cm³/mol. The summed E-state index contributed by atoms with van der Waals surface area (Å²) in [6, 6.07) is 0. The second-order valence-corrected chi connectivity index (χ2v) is 8.47. The first-order chi connectivity index (χ1) is 12.7. The molecule has 1 rings (SSSR count). The molecule has 0 saturated heterocycles. The van der Waals surface area contributed by atoms with Crippen molar-refractivity contribution in [2.45, 2.75) is 128 Å². The van der Waals surface area contributed by atoms with Gasteiger partial charge in [0.25, 0.3) is 0 Å². The molecule has 1 aliphatic rings. The van der Waals surface area contributed by atoms with Crippen LogP contribution in [0.3, 0.4) is 0 Å². The molecular weight excluding hydrogens is 344 g/mol. The van der Waals surface area contributed by atoms with E-state index in [1.54, 1.807) is 0 Å². The average Bonchev–Trinajstić information content (AvgIpc) is 3.07.